The third-order valence-electron chi connectivity index (χ3n) is 5.80. The van der Waals surface area contributed by atoms with Crippen molar-refractivity contribution in [3.05, 3.63) is 28.8 Å². The molecule has 2 aliphatic heterocycles. The van der Waals surface area contributed by atoms with Gasteiger partial charge in [0.1, 0.15) is 17.0 Å². The Morgan fingerprint density at radius 2 is 1.88 bits per heavy atom. The number of halogens is 1. The summed E-state index contributed by atoms with van der Waals surface area (Å²) in [6.07, 6.45) is 1.37. The summed E-state index contributed by atoms with van der Waals surface area (Å²) < 4.78 is 5.68. The number of ketones is 2. The summed E-state index contributed by atoms with van der Waals surface area (Å²) >= 11 is 6.19. The number of anilines is 1. The largest absolute Gasteiger partial charge is 0.377 e. The monoisotopic (exact) mass is 347 g/mol. The summed E-state index contributed by atoms with van der Waals surface area (Å²) in [7, 11) is 0. The predicted octanol–water partition coefficient (Wildman–Crippen LogP) is 3.05. The third kappa shape index (κ3) is 2.23. The zero-order valence-corrected chi connectivity index (χ0v) is 14.9. The van der Waals surface area contributed by atoms with E-state index in [0.717, 1.165) is 11.3 Å². The van der Waals surface area contributed by atoms with Crippen LogP contribution in [0.3, 0.4) is 0 Å². The van der Waals surface area contributed by atoms with Gasteiger partial charge in [0.05, 0.1) is 19.3 Å². The van der Waals surface area contributed by atoms with Gasteiger partial charge in [-0.2, -0.15) is 0 Å². The van der Waals surface area contributed by atoms with E-state index in [9.17, 15) is 9.59 Å². The van der Waals surface area contributed by atoms with Gasteiger partial charge in [-0.1, -0.05) is 31.5 Å². The summed E-state index contributed by atoms with van der Waals surface area (Å²) in [4.78, 5) is 28.6. The lowest BCUT2D eigenvalue weighted by Crippen LogP contribution is -2.66. The number of fused-ring (bicyclic) bond motifs is 4. The highest BCUT2D eigenvalue weighted by Crippen LogP contribution is 2.50. The minimum absolute atomic E-state index is 0.0739. The van der Waals surface area contributed by atoms with Crippen LogP contribution in [0.15, 0.2) is 18.2 Å². The van der Waals surface area contributed by atoms with Crippen molar-refractivity contribution in [1.29, 1.82) is 0 Å². The molecule has 4 nitrogen and oxygen atoms in total. The number of nitrogens with zero attached hydrogens (tertiary/aromatic N) is 1. The van der Waals surface area contributed by atoms with E-state index in [2.05, 4.69) is 4.90 Å². The van der Waals surface area contributed by atoms with E-state index < -0.39 is 5.41 Å². The van der Waals surface area contributed by atoms with Gasteiger partial charge in [0.2, 0.25) is 0 Å². The maximum Gasteiger partial charge on any atom is 0.149 e. The molecule has 1 aromatic rings. The summed E-state index contributed by atoms with van der Waals surface area (Å²) in [6.45, 7) is 5.71. The second-order valence-corrected chi connectivity index (χ2v) is 8.51. The minimum Gasteiger partial charge on any atom is -0.377 e. The number of benzene rings is 1. The molecule has 1 aromatic carbocycles. The highest BCUT2D eigenvalue weighted by atomic mass is 35.5. The van der Waals surface area contributed by atoms with Crippen LogP contribution < -0.4 is 4.90 Å². The third-order valence-corrected chi connectivity index (χ3v) is 6.03. The molecule has 1 atom stereocenters. The average molecular weight is 348 g/mol. The van der Waals surface area contributed by atoms with Crippen LogP contribution >= 0.6 is 11.6 Å². The van der Waals surface area contributed by atoms with Crippen LogP contribution in [0.1, 0.15) is 32.3 Å². The van der Waals surface area contributed by atoms with Gasteiger partial charge in [0.25, 0.3) is 0 Å². The lowest BCUT2D eigenvalue weighted by atomic mass is 9.56. The molecule has 128 valence electrons. The Morgan fingerprint density at radius 3 is 2.58 bits per heavy atom. The number of hydrogen-bond acceptors (Lipinski definition) is 4. The van der Waals surface area contributed by atoms with Crippen molar-refractivity contribution in [2.75, 3.05) is 24.7 Å². The Morgan fingerprint density at radius 1 is 1.17 bits per heavy atom. The first-order chi connectivity index (χ1) is 11.3. The van der Waals surface area contributed by atoms with Gasteiger partial charge in [-0.05, 0) is 29.5 Å². The molecule has 1 aliphatic carbocycles. The summed E-state index contributed by atoms with van der Waals surface area (Å²) in [5, 5.41) is 0.678. The molecule has 0 unspecified atom stereocenters. The average Bonchev–Trinajstić information content (AvgIpc) is 2.52. The smallest absolute Gasteiger partial charge is 0.149 e. The summed E-state index contributed by atoms with van der Waals surface area (Å²) in [5.41, 5.74) is 0.877. The van der Waals surface area contributed by atoms with Gasteiger partial charge >= 0.3 is 0 Å². The van der Waals surface area contributed by atoms with Crippen molar-refractivity contribution in [1.82, 2.24) is 0 Å². The Kier molecular flexibility index (Phi) is 3.56. The lowest BCUT2D eigenvalue weighted by Gasteiger charge is -2.54. The first-order valence-electron chi connectivity index (χ1n) is 8.53. The van der Waals surface area contributed by atoms with Crippen molar-refractivity contribution >= 4 is 28.9 Å². The van der Waals surface area contributed by atoms with E-state index >= 15 is 0 Å². The van der Waals surface area contributed by atoms with Crippen molar-refractivity contribution in [3.8, 4) is 0 Å². The SMILES string of the molecule is CC1(C)CC(=O)C2(Cc3ccc(Cl)cc3N3CCOC[C@@H]32)C(=O)C1. The molecule has 0 N–H and O–H groups in total. The van der Waals surface area contributed by atoms with Gasteiger partial charge in [-0.25, -0.2) is 0 Å². The molecular weight excluding hydrogens is 326 g/mol. The lowest BCUT2D eigenvalue weighted by molar-refractivity contribution is -0.152. The minimum atomic E-state index is -0.962. The predicted molar refractivity (Wildman–Crippen MR) is 92.6 cm³/mol. The molecule has 1 saturated heterocycles. The fourth-order valence-electron chi connectivity index (χ4n) is 4.64. The van der Waals surface area contributed by atoms with Crippen LogP contribution in [0.5, 0.6) is 0 Å². The molecular formula is C19H22ClNO3. The molecule has 1 saturated carbocycles. The molecule has 4 rings (SSSR count). The van der Waals surface area contributed by atoms with E-state index in [1.807, 2.05) is 32.0 Å². The molecule has 0 amide bonds. The molecule has 0 bridgehead atoms. The fourth-order valence-corrected chi connectivity index (χ4v) is 4.81. The first-order valence-corrected chi connectivity index (χ1v) is 8.91. The molecule has 2 fully saturated rings. The van der Waals surface area contributed by atoms with E-state index in [1.54, 1.807) is 0 Å². The number of rotatable bonds is 0. The van der Waals surface area contributed by atoms with E-state index in [4.69, 9.17) is 16.3 Å². The number of morpholine rings is 1. The number of hydrogen-bond donors (Lipinski definition) is 0. The quantitative estimate of drug-likeness (QED) is 0.677. The Bertz CT molecular complexity index is 707. The van der Waals surface area contributed by atoms with E-state index in [0.29, 0.717) is 44.0 Å². The van der Waals surface area contributed by atoms with Crippen LogP contribution in [0.25, 0.3) is 0 Å². The Hall–Kier alpha value is -1.39. The Balaban J connectivity index is 1.86. The summed E-state index contributed by atoms with van der Waals surface area (Å²) in [5.74, 6) is 0.148. The van der Waals surface area contributed by atoms with Gasteiger partial charge in [-0.15, -0.1) is 0 Å². The van der Waals surface area contributed by atoms with Gasteiger partial charge < -0.3 is 9.64 Å². The maximum atomic E-state index is 13.2. The summed E-state index contributed by atoms with van der Waals surface area (Å²) in [6, 6.07) is 5.54. The van der Waals surface area contributed by atoms with Crippen molar-refractivity contribution in [2.24, 2.45) is 10.8 Å². The highest BCUT2D eigenvalue weighted by molar-refractivity contribution is 6.31. The van der Waals surface area contributed by atoms with Crippen LogP contribution in [0.2, 0.25) is 5.02 Å². The van der Waals surface area contributed by atoms with Crippen LogP contribution in [-0.2, 0) is 20.7 Å². The standard InChI is InChI=1S/C19H22ClNO3/c1-18(2)9-16(22)19(17(23)10-18)8-12-3-4-13(20)7-14(12)21-5-6-24-11-15(19)21/h3-4,7,15H,5-6,8-11H2,1-2H3/t15-/m1/s1. The van der Waals surface area contributed by atoms with Gasteiger partial charge in [0.15, 0.2) is 0 Å². The highest BCUT2D eigenvalue weighted by Gasteiger charge is 2.60. The molecule has 2 heterocycles. The number of carbonyl (C=O) groups excluding carboxylic acids is 2. The second kappa shape index (κ2) is 5.30. The van der Waals surface area contributed by atoms with Crippen LogP contribution in [0.4, 0.5) is 5.69 Å². The maximum absolute atomic E-state index is 13.2. The molecule has 0 aromatic heterocycles. The molecule has 3 aliphatic rings. The number of ether oxygens (including phenoxy) is 1. The second-order valence-electron chi connectivity index (χ2n) is 8.07. The number of Topliss-reactive ketones (excluding diaryl/α,β-unsaturated/α-hetero) is 2. The zero-order chi connectivity index (χ0) is 17.1. The van der Waals surface area contributed by atoms with Crippen molar-refractivity contribution in [2.45, 2.75) is 39.2 Å². The number of carbonyl (C=O) groups is 2. The van der Waals surface area contributed by atoms with Crippen molar-refractivity contribution < 1.29 is 14.3 Å². The van der Waals surface area contributed by atoms with Gasteiger partial charge in [-0.3, -0.25) is 9.59 Å². The van der Waals surface area contributed by atoms with Crippen molar-refractivity contribution in [3.63, 3.8) is 0 Å². The van der Waals surface area contributed by atoms with Crippen LogP contribution in [-0.4, -0.2) is 37.4 Å². The molecule has 1 spiro atoms. The normalized spacial score (nSPS) is 27.8. The van der Waals surface area contributed by atoms with E-state index in [-0.39, 0.29) is 23.0 Å². The topological polar surface area (TPSA) is 46.6 Å². The fraction of sp³-hybridized carbons (Fsp3) is 0.579. The molecule has 24 heavy (non-hydrogen) atoms. The zero-order valence-electron chi connectivity index (χ0n) is 14.1. The molecule has 5 heteroatoms. The molecule has 0 radical (unpaired) electrons. The van der Waals surface area contributed by atoms with Crippen LogP contribution in [0, 0.1) is 10.8 Å². The van der Waals surface area contributed by atoms with Gasteiger partial charge in [0, 0.05) is 30.1 Å². The Labute approximate surface area is 147 Å². The van der Waals surface area contributed by atoms with E-state index in [1.165, 1.54) is 0 Å². The first kappa shape index (κ1) is 16.1.